The molecule has 0 unspecified atom stereocenters. The molecule has 0 radical (unpaired) electrons. The zero-order chi connectivity index (χ0) is 18.7. The topological polar surface area (TPSA) is 57.7 Å². The SMILES string of the molecule is O=C(C1CCCCCC1)N1CCN(S(=O)(=O)c2ccc(F)c(F)c2)CC1. The summed E-state index contributed by atoms with van der Waals surface area (Å²) in [6.07, 6.45) is 6.30. The molecule has 1 aromatic rings. The highest BCUT2D eigenvalue weighted by Gasteiger charge is 2.33. The van der Waals surface area contributed by atoms with Gasteiger partial charge in [0.2, 0.25) is 15.9 Å². The van der Waals surface area contributed by atoms with Crippen LogP contribution < -0.4 is 0 Å². The number of amides is 1. The van der Waals surface area contributed by atoms with Crippen molar-refractivity contribution in [3.05, 3.63) is 29.8 Å². The summed E-state index contributed by atoms with van der Waals surface area (Å²) in [5.74, 6) is -2.10. The first-order valence-corrected chi connectivity index (χ1v) is 10.6. The van der Waals surface area contributed by atoms with Crippen molar-refractivity contribution in [1.82, 2.24) is 9.21 Å². The predicted molar refractivity (Wildman–Crippen MR) is 92.9 cm³/mol. The first kappa shape index (κ1) is 19.2. The minimum Gasteiger partial charge on any atom is -0.340 e. The van der Waals surface area contributed by atoms with Crippen LogP contribution in [0.15, 0.2) is 23.1 Å². The van der Waals surface area contributed by atoms with E-state index in [0.29, 0.717) is 19.2 Å². The molecular formula is C18H24F2N2O3S. The molecule has 0 atom stereocenters. The molecule has 2 aliphatic rings. The van der Waals surface area contributed by atoms with E-state index in [1.165, 1.54) is 17.1 Å². The third-order valence-electron chi connectivity index (χ3n) is 5.28. The maximum absolute atomic E-state index is 13.4. The van der Waals surface area contributed by atoms with Crippen molar-refractivity contribution in [1.29, 1.82) is 0 Å². The lowest BCUT2D eigenvalue weighted by Crippen LogP contribution is -2.51. The van der Waals surface area contributed by atoms with E-state index < -0.39 is 21.7 Å². The number of benzene rings is 1. The molecule has 144 valence electrons. The second-order valence-corrected chi connectivity index (χ2v) is 8.93. The Labute approximate surface area is 153 Å². The smallest absolute Gasteiger partial charge is 0.243 e. The highest BCUT2D eigenvalue weighted by atomic mass is 32.2. The maximum atomic E-state index is 13.4. The minimum atomic E-state index is -3.89. The molecule has 0 bridgehead atoms. The summed E-state index contributed by atoms with van der Waals surface area (Å²) in [7, 11) is -3.89. The lowest BCUT2D eigenvalue weighted by atomic mass is 9.98. The largest absolute Gasteiger partial charge is 0.340 e. The van der Waals surface area contributed by atoms with E-state index in [9.17, 15) is 22.0 Å². The van der Waals surface area contributed by atoms with Crippen LogP contribution in [-0.2, 0) is 14.8 Å². The molecule has 1 amide bonds. The molecule has 3 rings (SSSR count). The number of halogens is 2. The predicted octanol–water partition coefficient (Wildman–Crippen LogP) is 2.77. The minimum absolute atomic E-state index is 0.0480. The fourth-order valence-electron chi connectivity index (χ4n) is 3.72. The average Bonchev–Trinajstić information content (AvgIpc) is 2.93. The van der Waals surface area contributed by atoms with Gasteiger partial charge in [-0.3, -0.25) is 4.79 Å². The van der Waals surface area contributed by atoms with E-state index in [4.69, 9.17) is 0 Å². The van der Waals surface area contributed by atoms with Crippen LogP contribution in [0, 0.1) is 17.6 Å². The Kier molecular flexibility index (Phi) is 5.92. The maximum Gasteiger partial charge on any atom is 0.243 e. The van der Waals surface area contributed by atoms with Crippen molar-refractivity contribution >= 4 is 15.9 Å². The summed E-state index contributed by atoms with van der Waals surface area (Å²) in [5.41, 5.74) is 0. The summed E-state index contributed by atoms with van der Waals surface area (Å²) >= 11 is 0. The monoisotopic (exact) mass is 386 g/mol. The van der Waals surface area contributed by atoms with Crippen LogP contribution in [0.3, 0.4) is 0 Å². The molecule has 1 aliphatic heterocycles. The van der Waals surface area contributed by atoms with Crippen molar-refractivity contribution in [2.45, 2.75) is 43.4 Å². The number of carbonyl (C=O) groups is 1. The number of sulfonamides is 1. The van der Waals surface area contributed by atoms with Crippen LogP contribution in [0.25, 0.3) is 0 Å². The molecule has 1 heterocycles. The molecule has 1 aromatic carbocycles. The van der Waals surface area contributed by atoms with E-state index in [0.717, 1.165) is 37.8 Å². The van der Waals surface area contributed by atoms with Crippen LogP contribution in [0.4, 0.5) is 8.78 Å². The second-order valence-electron chi connectivity index (χ2n) is 6.99. The van der Waals surface area contributed by atoms with Gasteiger partial charge in [-0.25, -0.2) is 17.2 Å². The second kappa shape index (κ2) is 8.00. The first-order valence-electron chi connectivity index (χ1n) is 9.13. The summed E-state index contributed by atoms with van der Waals surface area (Å²) in [4.78, 5) is 14.2. The molecule has 8 heteroatoms. The van der Waals surface area contributed by atoms with Gasteiger partial charge in [-0.1, -0.05) is 25.7 Å². The molecule has 0 spiro atoms. The highest BCUT2D eigenvalue weighted by molar-refractivity contribution is 7.89. The van der Waals surface area contributed by atoms with Crippen LogP contribution in [-0.4, -0.2) is 49.7 Å². The quantitative estimate of drug-likeness (QED) is 0.751. The average molecular weight is 386 g/mol. The van der Waals surface area contributed by atoms with Crippen molar-refractivity contribution in [2.24, 2.45) is 5.92 Å². The first-order chi connectivity index (χ1) is 12.4. The fourth-order valence-corrected chi connectivity index (χ4v) is 5.15. The van der Waals surface area contributed by atoms with Crippen molar-refractivity contribution < 1.29 is 22.0 Å². The van der Waals surface area contributed by atoms with Gasteiger partial charge in [0, 0.05) is 32.1 Å². The Bertz CT molecular complexity index is 754. The van der Waals surface area contributed by atoms with Gasteiger partial charge in [0.25, 0.3) is 0 Å². The molecule has 26 heavy (non-hydrogen) atoms. The molecule has 2 fully saturated rings. The van der Waals surface area contributed by atoms with Crippen molar-refractivity contribution in [3.8, 4) is 0 Å². The van der Waals surface area contributed by atoms with E-state index in [1.54, 1.807) is 4.90 Å². The standard InChI is InChI=1S/C18H24F2N2O3S/c19-16-8-7-15(13-17(16)20)26(24,25)22-11-9-21(10-12-22)18(23)14-5-3-1-2-4-6-14/h7-8,13-14H,1-6,9-12H2. The van der Waals surface area contributed by atoms with Crippen LogP contribution in [0.1, 0.15) is 38.5 Å². The molecular weight excluding hydrogens is 362 g/mol. The van der Waals surface area contributed by atoms with Crippen LogP contribution in [0.5, 0.6) is 0 Å². The van der Waals surface area contributed by atoms with Gasteiger partial charge in [-0.15, -0.1) is 0 Å². The van der Waals surface area contributed by atoms with E-state index in [2.05, 4.69) is 0 Å². The molecule has 0 aromatic heterocycles. The van der Waals surface area contributed by atoms with Crippen LogP contribution >= 0.6 is 0 Å². The van der Waals surface area contributed by atoms with E-state index >= 15 is 0 Å². The van der Waals surface area contributed by atoms with Crippen molar-refractivity contribution in [3.63, 3.8) is 0 Å². The van der Waals surface area contributed by atoms with Gasteiger partial charge in [0.05, 0.1) is 4.90 Å². The van der Waals surface area contributed by atoms with Gasteiger partial charge in [-0.2, -0.15) is 4.31 Å². The van der Waals surface area contributed by atoms with Gasteiger partial charge in [0.1, 0.15) is 0 Å². The lowest BCUT2D eigenvalue weighted by molar-refractivity contribution is -0.137. The third kappa shape index (κ3) is 4.06. The van der Waals surface area contributed by atoms with Gasteiger partial charge in [0.15, 0.2) is 11.6 Å². The molecule has 0 N–H and O–H groups in total. The van der Waals surface area contributed by atoms with Gasteiger partial charge >= 0.3 is 0 Å². The van der Waals surface area contributed by atoms with E-state index in [1.807, 2.05) is 0 Å². The molecule has 1 saturated heterocycles. The summed E-state index contributed by atoms with van der Waals surface area (Å²) in [6.45, 7) is 0.996. The Morgan fingerprint density at radius 1 is 0.923 bits per heavy atom. The Hall–Kier alpha value is -1.54. The number of carbonyl (C=O) groups excluding carboxylic acids is 1. The number of hydrogen-bond donors (Lipinski definition) is 0. The number of nitrogens with zero attached hydrogens (tertiary/aromatic N) is 2. The van der Waals surface area contributed by atoms with Gasteiger partial charge in [-0.05, 0) is 31.0 Å². The number of hydrogen-bond acceptors (Lipinski definition) is 3. The van der Waals surface area contributed by atoms with Crippen LogP contribution in [0.2, 0.25) is 0 Å². The highest BCUT2D eigenvalue weighted by Crippen LogP contribution is 2.26. The Morgan fingerprint density at radius 2 is 1.54 bits per heavy atom. The number of rotatable bonds is 3. The zero-order valence-corrected chi connectivity index (χ0v) is 15.5. The normalized spacial score (nSPS) is 20.8. The molecule has 5 nitrogen and oxygen atoms in total. The zero-order valence-electron chi connectivity index (χ0n) is 14.7. The Balaban J connectivity index is 1.63. The Morgan fingerprint density at radius 3 is 2.12 bits per heavy atom. The lowest BCUT2D eigenvalue weighted by Gasteiger charge is -2.35. The summed E-state index contributed by atoms with van der Waals surface area (Å²) < 4.78 is 52.9. The van der Waals surface area contributed by atoms with Crippen molar-refractivity contribution in [2.75, 3.05) is 26.2 Å². The summed E-state index contributed by atoms with van der Waals surface area (Å²) in [6, 6.07) is 2.58. The summed E-state index contributed by atoms with van der Waals surface area (Å²) in [5, 5.41) is 0. The van der Waals surface area contributed by atoms with E-state index in [-0.39, 0.29) is 29.8 Å². The van der Waals surface area contributed by atoms with Gasteiger partial charge < -0.3 is 4.90 Å². The molecule has 1 aliphatic carbocycles. The third-order valence-corrected chi connectivity index (χ3v) is 7.18. The molecule has 1 saturated carbocycles. The number of piperazine rings is 1. The fraction of sp³-hybridized carbons (Fsp3) is 0.611.